The quantitative estimate of drug-likeness (QED) is 0.943. The monoisotopic (exact) mass is 326 g/mol. The molecule has 1 aromatic heterocycles. The number of amides is 1. The number of aryl methyl sites for hydroxylation is 1. The van der Waals surface area contributed by atoms with Crippen molar-refractivity contribution in [3.05, 3.63) is 29.6 Å². The van der Waals surface area contributed by atoms with E-state index in [0.717, 1.165) is 55.9 Å². The molecule has 0 aliphatic carbocycles. The minimum atomic E-state index is 0.302. The predicted molar refractivity (Wildman–Crippen MR) is 95.1 cm³/mol. The van der Waals surface area contributed by atoms with Crippen LogP contribution in [0.1, 0.15) is 43.0 Å². The summed E-state index contributed by atoms with van der Waals surface area (Å²) in [4.78, 5) is 25.1. The number of carbonyl (C=O) groups excluding carboxylic acids is 1. The largest absolute Gasteiger partial charge is 0.342 e. The van der Waals surface area contributed by atoms with Gasteiger partial charge in [0.1, 0.15) is 5.82 Å². The fourth-order valence-electron chi connectivity index (χ4n) is 4.02. The number of hydrogen-bond acceptors (Lipinski definition) is 3. The Morgan fingerprint density at radius 1 is 1.21 bits per heavy atom. The molecule has 1 amide bonds. The number of benzene rings is 1. The van der Waals surface area contributed by atoms with Crippen LogP contribution in [0.4, 0.5) is 0 Å². The van der Waals surface area contributed by atoms with Crippen molar-refractivity contribution < 1.29 is 4.79 Å². The first-order valence-corrected chi connectivity index (χ1v) is 9.16. The number of piperidine rings is 1. The van der Waals surface area contributed by atoms with Gasteiger partial charge in [-0.05, 0) is 57.3 Å². The summed E-state index contributed by atoms with van der Waals surface area (Å²) in [5.74, 6) is 1.83. The van der Waals surface area contributed by atoms with Gasteiger partial charge >= 0.3 is 0 Å². The van der Waals surface area contributed by atoms with E-state index >= 15 is 0 Å². The fourth-order valence-corrected chi connectivity index (χ4v) is 4.02. The zero-order chi connectivity index (χ0) is 16.5. The van der Waals surface area contributed by atoms with Gasteiger partial charge in [0.15, 0.2) is 0 Å². The second kappa shape index (κ2) is 6.55. The van der Waals surface area contributed by atoms with E-state index in [4.69, 9.17) is 4.98 Å². The minimum Gasteiger partial charge on any atom is -0.342 e. The molecule has 0 saturated carbocycles. The van der Waals surface area contributed by atoms with Crippen molar-refractivity contribution in [2.75, 3.05) is 32.7 Å². The van der Waals surface area contributed by atoms with Crippen LogP contribution in [0.3, 0.4) is 0 Å². The van der Waals surface area contributed by atoms with Crippen LogP contribution >= 0.6 is 0 Å². The topological polar surface area (TPSA) is 52.2 Å². The average molecular weight is 326 g/mol. The Labute approximate surface area is 143 Å². The van der Waals surface area contributed by atoms with Crippen molar-refractivity contribution in [3.63, 3.8) is 0 Å². The van der Waals surface area contributed by atoms with Crippen molar-refractivity contribution in [2.45, 2.75) is 38.5 Å². The van der Waals surface area contributed by atoms with Gasteiger partial charge in [0.25, 0.3) is 0 Å². The summed E-state index contributed by atoms with van der Waals surface area (Å²) in [5.41, 5.74) is 3.42. The van der Waals surface area contributed by atoms with Crippen LogP contribution in [0.5, 0.6) is 0 Å². The van der Waals surface area contributed by atoms with Crippen molar-refractivity contribution in [1.29, 1.82) is 0 Å². The van der Waals surface area contributed by atoms with Gasteiger partial charge in [-0.15, -0.1) is 0 Å². The number of hydrogen-bond donors (Lipinski definition) is 1. The summed E-state index contributed by atoms with van der Waals surface area (Å²) in [6.45, 7) is 6.59. The molecule has 2 saturated heterocycles. The van der Waals surface area contributed by atoms with E-state index in [1.807, 2.05) is 4.90 Å². The van der Waals surface area contributed by atoms with Crippen LogP contribution in [0.2, 0.25) is 0 Å². The lowest BCUT2D eigenvalue weighted by Crippen LogP contribution is -2.43. The lowest BCUT2D eigenvalue weighted by Gasteiger charge is -2.32. The first kappa shape index (κ1) is 15.6. The fraction of sp³-hybridized carbons (Fsp3) is 0.579. The second-order valence-electron chi connectivity index (χ2n) is 7.23. The highest BCUT2D eigenvalue weighted by Gasteiger charge is 2.27. The Kier molecular flexibility index (Phi) is 4.27. The predicted octanol–water partition coefficient (Wildman–Crippen LogP) is 2.67. The molecule has 0 radical (unpaired) electrons. The number of imidazole rings is 1. The number of aromatic amines is 1. The molecule has 2 aliphatic rings. The van der Waals surface area contributed by atoms with Gasteiger partial charge in [-0.25, -0.2) is 4.98 Å². The summed E-state index contributed by atoms with van der Waals surface area (Å²) in [6.07, 6.45) is 4.48. The number of rotatable bonds is 3. The number of likely N-dealkylation sites (tertiary alicyclic amines) is 2. The standard InChI is InChI=1S/C19H26N4O/c1-14-5-4-6-16-18(14)21-19(20-16)15-7-11-23(12-8-15)17(24)13-22-9-2-3-10-22/h4-6,15H,2-3,7-13H2,1H3,(H,20,21). The van der Waals surface area contributed by atoms with Gasteiger partial charge in [0.05, 0.1) is 17.6 Å². The van der Waals surface area contributed by atoms with Gasteiger partial charge in [0, 0.05) is 19.0 Å². The number of para-hydroxylation sites is 1. The molecule has 3 heterocycles. The Morgan fingerprint density at radius 3 is 2.67 bits per heavy atom. The smallest absolute Gasteiger partial charge is 0.236 e. The summed E-state index contributed by atoms with van der Waals surface area (Å²) < 4.78 is 0. The summed E-state index contributed by atoms with van der Waals surface area (Å²) in [6, 6.07) is 6.26. The van der Waals surface area contributed by atoms with E-state index < -0.39 is 0 Å². The molecular weight excluding hydrogens is 300 g/mol. The molecule has 1 aromatic carbocycles. The molecule has 5 heteroatoms. The lowest BCUT2D eigenvalue weighted by molar-refractivity contribution is -0.133. The molecule has 24 heavy (non-hydrogen) atoms. The maximum atomic E-state index is 12.4. The van der Waals surface area contributed by atoms with Gasteiger partial charge in [0.2, 0.25) is 5.91 Å². The van der Waals surface area contributed by atoms with Crippen molar-refractivity contribution in [1.82, 2.24) is 19.8 Å². The molecule has 2 fully saturated rings. The molecular formula is C19H26N4O. The van der Waals surface area contributed by atoms with Crippen molar-refractivity contribution in [2.24, 2.45) is 0 Å². The molecule has 2 aromatic rings. The van der Waals surface area contributed by atoms with Crippen LogP contribution in [0, 0.1) is 6.92 Å². The molecule has 1 N–H and O–H groups in total. The molecule has 2 aliphatic heterocycles. The molecule has 0 atom stereocenters. The molecule has 128 valence electrons. The highest BCUT2D eigenvalue weighted by Crippen LogP contribution is 2.28. The first-order valence-electron chi connectivity index (χ1n) is 9.16. The van der Waals surface area contributed by atoms with Gasteiger partial charge < -0.3 is 9.88 Å². The molecule has 0 spiro atoms. The number of nitrogens with zero attached hydrogens (tertiary/aromatic N) is 3. The Balaban J connectivity index is 1.38. The van der Waals surface area contributed by atoms with Crippen molar-refractivity contribution >= 4 is 16.9 Å². The second-order valence-corrected chi connectivity index (χ2v) is 7.23. The third-order valence-corrected chi connectivity index (χ3v) is 5.52. The van der Waals surface area contributed by atoms with E-state index in [1.165, 1.54) is 18.4 Å². The van der Waals surface area contributed by atoms with E-state index in [0.29, 0.717) is 18.4 Å². The summed E-state index contributed by atoms with van der Waals surface area (Å²) in [5, 5.41) is 0. The normalized spacial score (nSPS) is 20.1. The number of nitrogens with one attached hydrogen (secondary N) is 1. The van der Waals surface area contributed by atoms with Gasteiger partial charge in [-0.3, -0.25) is 9.69 Å². The lowest BCUT2D eigenvalue weighted by atomic mass is 9.96. The van der Waals surface area contributed by atoms with E-state index in [-0.39, 0.29) is 0 Å². The number of carbonyl (C=O) groups is 1. The average Bonchev–Trinajstić information content (AvgIpc) is 3.25. The Bertz CT molecular complexity index is 724. The highest BCUT2D eigenvalue weighted by molar-refractivity contribution is 5.79. The SMILES string of the molecule is Cc1cccc2[nH]c(C3CCN(C(=O)CN4CCCC4)CC3)nc12. The van der Waals surface area contributed by atoms with E-state index in [1.54, 1.807) is 0 Å². The maximum absolute atomic E-state index is 12.4. The third-order valence-electron chi connectivity index (χ3n) is 5.52. The molecule has 0 unspecified atom stereocenters. The highest BCUT2D eigenvalue weighted by atomic mass is 16.2. The van der Waals surface area contributed by atoms with Gasteiger partial charge in [-0.1, -0.05) is 12.1 Å². The summed E-state index contributed by atoms with van der Waals surface area (Å²) >= 11 is 0. The van der Waals surface area contributed by atoms with Crippen LogP contribution in [-0.2, 0) is 4.79 Å². The molecule has 0 bridgehead atoms. The summed E-state index contributed by atoms with van der Waals surface area (Å²) in [7, 11) is 0. The van der Waals surface area contributed by atoms with Gasteiger partial charge in [-0.2, -0.15) is 0 Å². The van der Waals surface area contributed by atoms with Crippen LogP contribution < -0.4 is 0 Å². The van der Waals surface area contributed by atoms with Crippen molar-refractivity contribution in [3.8, 4) is 0 Å². The molecule has 5 nitrogen and oxygen atoms in total. The first-order chi connectivity index (χ1) is 11.7. The number of aromatic nitrogens is 2. The maximum Gasteiger partial charge on any atom is 0.236 e. The number of H-pyrrole nitrogens is 1. The Hall–Kier alpha value is -1.88. The van der Waals surface area contributed by atoms with Crippen LogP contribution in [0.25, 0.3) is 11.0 Å². The minimum absolute atomic E-state index is 0.302. The third kappa shape index (κ3) is 3.05. The van der Waals surface area contributed by atoms with Crippen LogP contribution in [0.15, 0.2) is 18.2 Å². The van der Waals surface area contributed by atoms with E-state index in [2.05, 4.69) is 35.0 Å². The Morgan fingerprint density at radius 2 is 1.96 bits per heavy atom. The van der Waals surface area contributed by atoms with E-state index in [9.17, 15) is 4.79 Å². The van der Waals surface area contributed by atoms with Crippen LogP contribution in [-0.4, -0.2) is 58.4 Å². The number of fused-ring (bicyclic) bond motifs is 1. The zero-order valence-electron chi connectivity index (χ0n) is 14.4. The zero-order valence-corrected chi connectivity index (χ0v) is 14.4. The molecule has 4 rings (SSSR count).